The zero-order valence-electron chi connectivity index (χ0n) is 10.1. The van der Waals surface area contributed by atoms with Gasteiger partial charge in [0.2, 0.25) is 0 Å². The number of benzene rings is 1. The minimum Gasteiger partial charge on any atom is -0.334 e. The Morgan fingerprint density at radius 2 is 2.21 bits per heavy atom. The number of anilines is 1. The summed E-state index contributed by atoms with van der Waals surface area (Å²) in [5.41, 5.74) is -0.312. The summed E-state index contributed by atoms with van der Waals surface area (Å²) in [6.45, 7) is 2.79. The summed E-state index contributed by atoms with van der Waals surface area (Å²) in [6, 6.07) is 3.25. The molecule has 0 aliphatic carbocycles. The first-order valence-electron chi connectivity index (χ1n) is 5.75. The summed E-state index contributed by atoms with van der Waals surface area (Å²) >= 11 is 7.44. The van der Waals surface area contributed by atoms with Crippen molar-refractivity contribution in [1.29, 1.82) is 0 Å². The van der Waals surface area contributed by atoms with E-state index in [2.05, 4.69) is 17.2 Å². The minimum absolute atomic E-state index is 0.0399. The van der Waals surface area contributed by atoms with E-state index in [9.17, 15) is 13.2 Å². The molecule has 1 aromatic carbocycles. The van der Waals surface area contributed by atoms with Crippen LogP contribution in [-0.4, -0.2) is 17.0 Å². The molecule has 0 aromatic heterocycles. The number of nitrogens with zero attached hydrogens (tertiary/aromatic N) is 1. The Morgan fingerprint density at radius 3 is 2.74 bits per heavy atom. The molecule has 0 fully saturated rings. The second-order valence-corrected chi connectivity index (χ2v) is 5.81. The Kier molecular flexibility index (Phi) is 4.30. The van der Waals surface area contributed by atoms with Crippen LogP contribution < -0.4 is 5.32 Å². The maximum Gasteiger partial charge on any atom is 0.416 e. The standard InChI is InChI=1S/C12H12ClF3N2S/c1-2-8-6-17-11(19-8)18-10-4-3-7(5-9(10)13)12(14,15)16/h3-5,8H,2,6H2,1H3,(H,17,18). The molecule has 2 rings (SSSR count). The van der Waals surface area contributed by atoms with Crippen LogP contribution in [-0.2, 0) is 6.18 Å². The molecule has 1 N–H and O–H groups in total. The van der Waals surface area contributed by atoms with Crippen molar-refractivity contribution in [2.45, 2.75) is 24.8 Å². The fourth-order valence-corrected chi connectivity index (χ4v) is 2.78. The molecule has 0 bridgehead atoms. The summed E-state index contributed by atoms with van der Waals surface area (Å²) in [4.78, 5) is 4.28. The molecule has 1 aliphatic rings. The molecular formula is C12H12ClF3N2S. The van der Waals surface area contributed by atoms with Crippen LogP contribution in [0, 0.1) is 0 Å². The van der Waals surface area contributed by atoms with Crippen LogP contribution >= 0.6 is 23.4 Å². The van der Waals surface area contributed by atoms with Gasteiger partial charge in [-0.1, -0.05) is 30.3 Å². The number of alkyl halides is 3. The first-order valence-corrected chi connectivity index (χ1v) is 7.00. The van der Waals surface area contributed by atoms with Crippen molar-refractivity contribution >= 4 is 34.2 Å². The van der Waals surface area contributed by atoms with E-state index in [0.29, 0.717) is 16.1 Å². The molecular weight excluding hydrogens is 297 g/mol. The van der Waals surface area contributed by atoms with Crippen LogP contribution in [0.2, 0.25) is 5.02 Å². The highest BCUT2D eigenvalue weighted by molar-refractivity contribution is 8.15. The lowest BCUT2D eigenvalue weighted by atomic mass is 10.2. The second kappa shape index (κ2) is 5.63. The van der Waals surface area contributed by atoms with Gasteiger partial charge in [-0.25, -0.2) is 0 Å². The number of aliphatic imine (C=N–C) groups is 1. The third-order valence-electron chi connectivity index (χ3n) is 2.71. The monoisotopic (exact) mass is 308 g/mol. The summed E-state index contributed by atoms with van der Waals surface area (Å²) < 4.78 is 37.5. The van der Waals surface area contributed by atoms with E-state index in [-0.39, 0.29) is 5.02 Å². The molecule has 0 spiro atoms. The molecule has 1 heterocycles. The van der Waals surface area contributed by atoms with E-state index in [1.54, 1.807) is 11.8 Å². The van der Waals surface area contributed by atoms with Gasteiger partial charge in [0.15, 0.2) is 5.17 Å². The third-order valence-corrected chi connectivity index (χ3v) is 4.29. The number of halogens is 4. The lowest BCUT2D eigenvalue weighted by molar-refractivity contribution is -0.137. The molecule has 0 amide bonds. The van der Waals surface area contributed by atoms with Gasteiger partial charge in [-0.3, -0.25) is 4.99 Å². The molecule has 1 aliphatic heterocycles. The molecule has 1 aromatic rings. The number of amidine groups is 1. The quantitative estimate of drug-likeness (QED) is 0.860. The molecule has 104 valence electrons. The lowest BCUT2D eigenvalue weighted by Gasteiger charge is -2.11. The topological polar surface area (TPSA) is 24.4 Å². The van der Waals surface area contributed by atoms with Crippen LogP contribution in [0.15, 0.2) is 23.2 Å². The number of rotatable bonds is 2. The molecule has 1 atom stereocenters. The Morgan fingerprint density at radius 1 is 1.47 bits per heavy atom. The smallest absolute Gasteiger partial charge is 0.334 e. The van der Waals surface area contributed by atoms with Gasteiger partial charge in [-0.2, -0.15) is 13.2 Å². The third kappa shape index (κ3) is 3.57. The Labute approximate surface area is 118 Å². The van der Waals surface area contributed by atoms with Gasteiger partial charge in [0, 0.05) is 5.25 Å². The van der Waals surface area contributed by atoms with Gasteiger partial charge >= 0.3 is 6.18 Å². The van der Waals surface area contributed by atoms with Crippen LogP contribution in [0.5, 0.6) is 0 Å². The van der Waals surface area contributed by atoms with Crippen LogP contribution in [0.25, 0.3) is 0 Å². The van der Waals surface area contributed by atoms with Crippen molar-refractivity contribution in [2.75, 3.05) is 11.9 Å². The van der Waals surface area contributed by atoms with Gasteiger partial charge in [0.05, 0.1) is 22.8 Å². The Hall–Kier alpha value is -0.880. The highest BCUT2D eigenvalue weighted by Crippen LogP contribution is 2.34. The highest BCUT2D eigenvalue weighted by atomic mass is 35.5. The van der Waals surface area contributed by atoms with Crippen LogP contribution in [0.1, 0.15) is 18.9 Å². The number of nitrogens with one attached hydrogen (secondary N) is 1. The van der Waals surface area contributed by atoms with E-state index < -0.39 is 11.7 Å². The molecule has 0 radical (unpaired) electrons. The van der Waals surface area contributed by atoms with Gasteiger partial charge < -0.3 is 5.32 Å². The molecule has 2 nitrogen and oxygen atoms in total. The predicted octanol–water partition coefficient (Wildman–Crippen LogP) is 4.65. The van der Waals surface area contributed by atoms with E-state index in [1.807, 2.05) is 0 Å². The first-order chi connectivity index (χ1) is 8.90. The van der Waals surface area contributed by atoms with E-state index in [1.165, 1.54) is 6.07 Å². The minimum atomic E-state index is -4.38. The molecule has 19 heavy (non-hydrogen) atoms. The first kappa shape index (κ1) is 14.5. The summed E-state index contributed by atoms with van der Waals surface area (Å²) in [5, 5.41) is 4.13. The Bertz CT molecular complexity index is 502. The van der Waals surface area contributed by atoms with E-state index in [0.717, 1.165) is 25.1 Å². The zero-order chi connectivity index (χ0) is 14.0. The number of thioether (sulfide) groups is 1. The van der Waals surface area contributed by atoms with E-state index in [4.69, 9.17) is 11.6 Å². The average molecular weight is 309 g/mol. The van der Waals surface area contributed by atoms with E-state index >= 15 is 0 Å². The average Bonchev–Trinajstić information content (AvgIpc) is 2.78. The Balaban J connectivity index is 2.10. The van der Waals surface area contributed by atoms with Crippen molar-refractivity contribution in [2.24, 2.45) is 4.99 Å². The van der Waals surface area contributed by atoms with Crippen molar-refractivity contribution in [3.8, 4) is 0 Å². The van der Waals surface area contributed by atoms with Gasteiger partial charge in [-0.05, 0) is 24.6 Å². The highest BCUT2D eigenvalue weighted by Gasteiger charge is 2.31. The van der Waals surface area contributed by atoms with Crippen LogP contribution in [0.4, 0.5) is 18.9 Å². The van der Waals surface area contributed by atoms with Gasteiger partial charge in [-0.15, -0.1) is 0 Å². The van der Waals surface area contributed by atoms with Crippen LogP contribution in [0.3, 0.4) is 0 Å². The molecule has 0 saturated carbocycles. The zero-order valence-corrected chi connectivity index (χ0v) is 11.7. The summed E-state index contributed by atoms with van der Waals surface area (Å²) in [5.74, 6) is 0. The maximum atomic E-state index is 12.5. The summed E-state index contributed by atoms with van der Waals surface area (Å²) in [6.07, 6.45) is -3.38. The van der Waals surface area contributed by atoms with Gasteiger partial charge in [0.25, 0.3) is 0 Å². The van der Waals surface area contributed by atoms with Crippen molar-refractivity contribution in [3.05, 3.63) is 28.8 Å². The number of hydrogen-bond donors (Lipinski definition) is 1. The number of hydrogen-bond acceptors (Lipinski definition) is 3. The fourth-order valence-electron chi connectivity index (χ4n) is 1.61. The molecule has 7 heteroatoms. The fraction of sp³-hybridized carbons (Fsp3) is 0.417. The van der Waals surface area contributed by atoms with Crippen molar-refractivity contribution in [3.63, 3.8) is 0 Å². The second-order valence-electron chi connectivity index (χ2n) is 4.11. The largest absolute Gasteiger partial charge is 0.416 e. The van der Waals surface area contributed by atoms with Crippen molar-refractivity contribution < 1.29 is 13.2 Å². The normalized spacial score (nSPS) is 19.4. The molecule has 0 saturated heterocycles. The maximum absolute atomic E-state index is 12.5. The predicted molar refractivity (Wildman–Crippen MR) is 74.0 cm³/mol. The lowest BCUT2D eigenvalue weighted by Crippen LogP contribution is -2.09. The SMILES string of the molecule is CCC1CN=C(Nc2ccc(C(F)(F)F)cc2Cl)S1. The molecule has 1 unspecified atom stereocenters. The van der Waals surface area contributed by atoms with Gasteiger partial charge in [0.1, 0.15) is 0 Å². The summed E-state index contributed by atoms with van der Waals surface area (Å²) in [7, 11) is 0. The van der Waals surface area contributed by atoms with Crippen molar-refractivity contribution in [1.82, 2.24) is 0 Å².